The SMILES string of the molecule is O=C1/C(=C/c2ccc([N+](=O)[O-])s2)SC(=Nc2ccccc2)N1c1ccccc1. The molecule has 1 aliphatic rings. The molecule has 0 unspecified atom stereocenters. The van der Waals surface area contributed by atoms with Crippen LogP contribution < -0.4 is 4.90 Å². The van der Waals surface area contributed by atoms with Crippen LogP contribution in [-0.4, -0.2) is 16.0 Å². The standard InChI is InChI=1S/C20H13N3O3S2/c24-19-17(13-16-11-12-18(27-16)23(25)26)28-20(21-14-7-3-1-4-8-14)22(19)15-9-5-2-6-10-15/h1-13H/b17-13-,21-20?. The maximum absolute atomic E-state index is 13.1. The third-order valence-corrected chi connectivity index (χ3v) is 5.82. The van der Waals surface area contributed by atoms with Crippen molar-refractivity contribution in [2.75, 3.05) is 4.90 Å². The van der Waals surface area contributed by atoms with E-state index in [1.165, 1.54) is 17.8 Å². The molecule has 0 atom stereocenters. The van der Waals surface area contributed by atoms with Crippen LogP contribution in [-0.2, 0) is 4.79 Å². The van der Waals surface area contributed by atoms with E-state index in [0.29, 0.717) is 14.9 Å². The molecule has 0 aliphatic carbocycles. The number of nitro groups is 1. The van der Waals surface area contributed by atoms with Gasteiger partial charge in [-0.15, -0.1) is 0 Å². The van der Waals surface area contributed by atoms with Crippen LogP contribution in [0.4, 0.5) is 16.4 Å². The summed E-state index contributed by atoms with van der Waals surface area (Å²) >= 11 is 2.29. The van der Waals surface area contributed by atoms with Crippen LogP contribution in [0, 0.1) is 10.1 Å². The summed E-state index contributed by atoms with van der Waals surface area (Å²) in [6.45, 7) is 0. The number of hydrogen-bond acceptors (Lipinski definition) is 6. The highest BCUT2D eigenvalue weighted by Gasteiger charge is 2.34. The first-order valence-electron chi connectivity index (χ1n) is 8.29. The van der Waals surface area contributed by atoms with E-state index in [4.69, 9.17) is 0 Å². The molecule has 28 heavy (non-hydrogen) atoms. The van der Waals surface area contributed by atoms with E-state index >= 15 is 0 Å². The summed E-state index contributed by atoms with van der Waals surface area (Å²) in [5.74, 6) is -0.207. The summed E-state index contributed by atoms with van der Waals surface area (Å²) in [6.07, 6.45) is 1.67. The number of carbonyl (C=O) groups excluding carboxylic acids is 1. The van der Waals surface area contributed by atoms with Gasteiger partial charge in [-0.25, -0.2) is 4.99 Å². The molecule has 0 spiro atoms. The van der Waals surface area contributed by atoms with E-state index in [2.05, 4.69) is 4.99 Å². The molecule has 8 heteroatoms. The molecule has 2 aromatic carbocycles. The van der Waals surface area contributed by atoms with Gasteiger partial charge in [-0.05, 0) is 48.2 Å². The zero-order valence-electron chi connectivity index (χ0n) is 14.4. The fourth-order valence-corrected chi connectivity index (χ4v) is 4.44. The molecular formula is C20H13N3O3S2. The highest BCUT2D eigenvalue weighted by atomic mass is 32.2. The summed E-state index contributed by atoms with van der Waals surface area (Å²) in [5, 5.41) is 11.5. The maximum atomic E-state index is 13.1. The number of hydrogen-bond donors (Lipinski definition) is 0. The zero-order chi connectivity index (χ0) is 19.5. The molecule has 1 fully saturated rings. The van der Waals surface area contributed by atoms with Crippen molar-refractivity contribution in [3.63, 3.8) is 0 Å². The Bertz CT molecular complexity index is 1090. The van der Waals surface area contributed by atoms with Crippen LogP contribution in [0.3, 0.4) is 0 Å². The lowest BCUT2D eigenvalue weighted by atomic mass is 10.3. The summed E-state index contributed by atoms with van der Waals surface area (Å²) in [5.41, 5.74) is 1.46. The molecule has 0 bridgehead atoms. The number of rotatable bonds is 4. The van der Waals surface area contributed by atoms with Crippen molar-refractivity contribution in [1.82, 2.24) is 0 Å². The number of para-hydroxylation sites is 2. The molecule has 0 saturated carbocycles. The van der Waals surface area contributed by atoms with E-state index in [-0.39, 0.29) is 10.9 Å². The number of amidine groups is 1. The monoisotopic (exact) mass is 407 g/mol. The molecule has 0 radical (unpaired) electrons. The van der Waals surface area contributed by atoms with Crippen molar-refractivity contribution in [2.24, 2.45) is 4.99 Å². The third-order valence-electron chi connectivity index (χ3n) is 3.87. The van der Waals surface area contributed by atoms with Crippen molar-refractivity contribution in [1.29, 1.82) is 0 Å². The van der Waals surface area contributed by atoms with Gasteiger partial charge in [0.15, 0.2) is 5.17 Å². The van der Waals surface area contributed by atoms with Crippen molar-refractivity contribution in [2.45, 2.75) is 0 Å². The van der Waals surface area contributed by atoms with Crippen molar-refractivity contribution in [3.05, 3.63) is 92.7 Å². The summed E-state index contributed by atoms with van der Waals surface area (Å²) in [4.78, 5) is 30.9. The van der Waals surface area contributed by atoms with Crippen LogP contribution in [0.15, 0.2) is 82.7 Å². The number of thioether (sulfide) groups is 1. The lowest BCUT2D eigenvalue weighted by Crippen LogP contribution is -2.28. The van der Waals surface area contributed by atoms with Gasteiger partial charge < -0.3 is 0 Å². The highest BCUT2D eigenvalue weighted by Crippen LogP contribution is 2.38. The second-order valence-electron chi connectivity index (χ2n) is 5.75. The molecule has 1 aromatic heterocycles. The van der Waals surface area contributed by atoms with Crippen LogP contribution in [0.1, 0.15) is 4.88 Å². The lowest BCUT2D eigenvalue weighted by molar-refractivity contribution is -0.380. The highest BCUT2D eigenvalue weighted by molar-refractivity contribution is 8.19. The zero-order valence-corrected chi connectivity index (χ0v) is 16.0. The smallest absolute Gasteiger partial charge is 0.268 e. The van der Waals surface area contributed by atoms with E-state index < -0.39 is 4.92 Å². The summed E-state index contributed by atoms with van der Waals surface area (Å²) < 4.78 is 0. The number of aliphatic imine (C=N–C) groups is 1. The second kappa shape index (κ2) is 7.79. The quantitative estimate of drug-likeness (QED) is 0.327. The first-order valence-corrected chi connectivity index (χ1v) is 9.92. The van der Waals surface area contributed by atoms with Crippen molar-refractivity contribution in [3.8, 4) is 0 Å². The van der Waals surface area contributed by atoms with Crippen LogP contribution in [0.2, 0.25) is 0 Å². The third kappa shape index (κ3) is 3.73. The number of anilines is 1. The minimum absolute atomic E-state index is 0.0420. The largest absolute Gasteiger partial charge is 0.324 e. The normalized spacial score (nSPS) is 16.9. The van der Waals surface area contributed by atoms with Crippen LogP contribution in [0.25, 0.3) is 6.08 Å². The van der Waals surface area contributed by atoms with Crippen molar-refractivity contribution >= 4 is 56.6 Å². The van der Waals surface area contributed by atoms with Crippen LogP contribution in [0.5, 0.6) is 0 Å². The fourth-order valence-electron chi connectivity index (χ4n) is 2.61. The van der Waals surface area contributed by atoms with Gasteiger partial charge in [0, 0.05) is 10.9 Å². The summed E-state index contributed by atoms with van der Waals surface area (Å²) in [6, 6.07) is 21.8. The Balaban J connectivity index is 1.74. The van der Waals surface area contributed by atoms with E-state index in [1.807, 2.05) is 60.7 Å². The van der Waals surface area contributed by atoms with Crippen molar-refractivity contribution < 1.29 is 9.72 Å². The maximum Gasteiger partial charge on any atom is 0.324 e. The predicted molar refractivity (Wildman–Crippen MR) is 114 cm³/mol. The first kappa shape index (κ1) is 18.1. The minimum Gasteiger partial charge on any atom is -0.268 e. The van der Waals surface area contributed by atoms with Gasteiger partial charge >= 0.3 is 5.00 Å². The molecule has 138 valence electrons. The number of amides is 1. The fraction of sp³-hybridized carbons (Fsp3) is 0. The van der Waals surface area contributed by atoms with E-state index in [1.54, 1.807) is 17.0 Å². The van der Waals surface area contributed by atoms with Gasteiger partial charge in [0.1, 0.15) is 0 Å². The molecule has 4 rings (SSSR count). The molecule has 0 N–H and O–H groups in total. The van der Waals surface area contributed by atoms with Crippen LogP contribution >= 0.6 is 23.1 Å². The second-order valence-corrected chi connectivity index (χ2v) is 7.85. The molecule has 1 aliphatic heterocycles. The molecular weight excluding hydrogens is 394 g/mol. The Labute approximate surface area is 169 Å². The predicted octanol–water partition coefficient (Wildman–Crippen LogP) is 5.46. The van der Waals surface area contributed by atoms with Gasteiger partial charge in [0.25, 0.3) is 5.91 Å². The Hall–Kier alpha value is -3.23. The van der Waals surface area contributed by atoms with Gasteiger partial charge in [-0.2, -0.15) is 0 Å². The number of nitrogens with zero attached hydrogens (tertiary/aromatic N) is 3. The Morgan fingerprint density at radius 2 is 1.64 bits per heavy atom. The molecule has 6 nitrogen and oxygen atoms in total. The Kier molecular flexibility index (Phi) is 5.05. The van der Waals surface area contributed by atoms with Gasteiger partial charge in [0.05, 0.1) is 21.2 Å². The average molecular weight is 407 g/mol. The minimum atomic E-state index is -0.436. The van der Waals surface area contributed by atoms with Gasteiger partial charge in [-0.1, -0.05) is 47.7 Å². The molecule has 1 amide bonds. The van der Waals surface area contributed by atoms with E-state index in [9.17, 15) is 14.9 Å². The average Bonchev–Trinajstić information content (AvgIpc) is 3.29. The Morgan fingerprint density at radius 1 is 0.964 bits per heavy atom. The lowest BCUT2D eigenvalue weighted by Gasteiger charge is -2.15. The summed E-state index contributed by atoms with van der Waals surface area (Å²) in [7, 11) is 0. The van der Waals surface area contributed by atoms with Gasteiger partial charge in [0.2, 0.25) is 0 Å². The molecule has 1 saturated heterocycles. The first-order chi connectivity index (χ1) is 13.6. The number of carbonyl (C=O) groups is 1. The molecule has 3 aromatic rings. The molecule has 2 heterocycles. The number of thiophene rings is 1. The topological polar surface area (TPSA) is 75.8 Å². The van der Waals surface area contributed by atoms with E-state index in [0.717, 1.165) is 22.7 Å². The number of benzene rings is 2. The van der Waals surface area contributed by atoms with Gasteiger partial charge in [-0.3, -0.25) is 19.8 Å². The Morgan fingerprint density at radius 3 is 2.29 bits per heavy atom.